The zero-order chi connectivity index (χ0) is 16.7. The Morgan fingerprint density at radius 3 is 2.70 bits per heavy atom. The number of benzene rings is 1. The first-order valence-corrected chi connectivity index (χ1v) is 9.23. The molecule has 0 saturated heterocycles. The third-order valence-electron chi connectivity index (χ3n) is 3.40. The number of aromatic nitrogens is 2. The number of amides is 2. The van der Waals surface area contributed by atoms with Crippen molar-refractivity contribution < 1.29 is 9.00 Å². The fourth-order valence-electron chi connectivity index (χ4n) is 2.15. The van der Waals surface area contributed by atoms with Crippen molar-refractivity contribution in [3.05, 3.63) is 48.3 Å². The smallest absolute Gasteiger partial charge is 0.315 e. The maximum atomic E-state index is 11.8. The van der Waals surface area contributed by atoms with Gasteiger partial charge in [0.05, 0.1) is 11.7 Å². The van der Waals surface area contributed by atoms with E-state index in [1.807, 2.05) is 43.5 Å². The van der Waals surface area contributed by atoms with Crippen LogP contribution in [0.2, 0.25) is 0 Å². The highest BCUT2D eigenvalue weighted by atomic mass is 32.2. The van der Waals surface area contributed by atoms with E-state index in [0.29, 0.717) is 18.7 Å². The minimum Gasteiger partial charge on any atom is -0.338 e. The van der Waals surface area contributed by atoms with Crippen LogP contribution >= 0.6 is 0 Å². The van der Waals surface area contributed by atoms with Crippen LogP contribution in [0, 0.1) is 0 Å². The minimum atomic E-state index is -0.815. The number of nitrogens with zero attached hydrogens (tertiary/aromatic N) is 2. The second-order valence-electron chi connectivity index (χ2n) is 5.29. The molecule has 6 nitrogen and oxygen atoms in total. The monoisotopic (exact) mass is 334 g/mol. The lowest BCUT2D eigenvalue weighted by Crippen LogP contribution is -2.37. The molecule has 0 fully saturated rings. The van der Waals surface area contributed by atoms with E-state index in [2.05, 4.69) is 15.7 Å². The van der Waals surface area contributed by atoms with Crippen LogP contribution in [0.3, 0.4) is 0 Å². The van der Waals surface area contributed by atoms with Crippen molar-refractivity contribution in [2.24, 2.45) is 0 Å². The molecule has 2 amide bonds. The Morgan fingerprint density at radius 1 is 1.35 bits per heavy atom. The van der Waals surface area contributed by atoms with Gasteiger partial charge < -0.3 is 10.6 Å². The molecule has 0 aliphatic rings. The lowest BCUT2D eigenvalue weighted by Gasteiger charge is -2.15. The van der Waals surface area contributed by atoms with Crippen LogP contribution in [-0.4, -0.2) is 38.6 Å². The van der Waals surface area contributed by atoms with E-state index in [1.165, 1.54) is 0 Å². The summed E-state index contributed by atoms with van der Waals surface area (Å²) < 4.78 is 12.7. The Bertz CT molecular complexity index is 641. The van der Waals surface area contributed by atoms with E-state index in [9.17, 15) is 9.00 Å². The number of hydrogen-bond donors (Lipinski definition) is 2. The molecule has 2 aromatic rings. The van der Waals surface area contributed by atoms with Crippen molar-refractivity contribution >= 4 is 16.8 Å². The predicted molar refractivity (Wildman–Crippen MR) is 92.1 cm³/mol. The summed E-state index contributed by atoms with van der Waals surface area (Å²) in [7, 11) is -0.815. The predicted octanol–water partition coefficient (Wildman–Crippen LogP) is 2.00. The standard InChI is InChI=1S/C16H22N4O2S/c1-13(19-16(21)17-9-4-12-23(2)22)14-5-7-15(8-6-14)20-11-3-10-18-20/h3,5-8,10-11,13H,4,9,12H2,1-2H3,(H2,17,19,21)/t13-,23-/m0/s1. The van der Waals surface area contributed by atoms with Gasteiger partial charge in [-0.05, 0) is 37.1 Å². The highest BCUT2D eigenvalue weighted by Gasteiger charge is 2.09. The highest BCUT2D eigenvalue weighted by molar-refractivity contribution is 7.84. The van der Waals surface area contributed by atoms with E-state index in [1.54, 1.807) is 17.1 Å². The van der Waals surface area contributed by atoms with E-state index >= 15 is 0 Å². The van der Waals surface area contributed by atoms with Gasteiger partial charge in [0.15, 0.2) is 0 Å². The van der Waals surface area contributed by atoms with Crippen LogP contribution in [0.4, 0.5) is 4.79 Å². The van der Waals surface area contributed by atoms with Crippen molar-refractivity contribution in [2.75, 3.05) is 18.6 Å². The molecule has 0 aliphatic heterocycles. The Hall–Kier alpha value is -2.15. The van der Waals surface area contributed by atoms with E-state index in [-0.39, 0.29) is 12.1 Å². The third-order valence-corrected chi connectivity index (χ3v) is 4.27. The second kappa shape index (κ2) is 8.47. The van der Waals surface area contributed by atoms with Crippen molar-refractivity contribution in [1.29, 1.82) is 0 Å². The van der Waals surface area contributed by atoms with Crippen molar-refractivity contribution in [1.82, 2.24) is 20.4 Å². The molecular formula is C16H22N4O2S. The summed E-state index contributed by atoms with van der Waals surface area (Å²) in [6, 6.07) is 9.45. The van der Waals surface area contributed by atoms with Crippen LogP contribution in [0.25, 0.3) is 5.69 Å². The summed E-state index contributed by atoms with van der Waals surface area (Å²) in [5.41, 5.74) is 1.99. The minimum absolute atomic E-state index is 0.0954. The van der Waals surface area contributed by atoms with Crippen LogP contribution in [0.15, 0.2) is 42.7 Å². The van der Waals surface area contributed by atoms with Crippen molar-refractivity contribution in [3.8, 4) is 5.69 Å². The maximum absolute atomic E-state index is 11.8. The normalized spacial score (nSPS) is 13.3. The average molecular weight is 334 g/mol. The van der Waals surface area contributed by atoms with Crippen LogP contribution in [0.5, 0.6) is 0 Å². The molecule has 23 heavy (non-hydrogen) atoms. The summed E-state index contributed by atoms with van der Waals surface area (Å²) >= 11 is 0. The summed E-state index contributed by atoms with van der Waals surface area (Å²) in [6.07, 6.45) is 5.99. The molecule has 1 aromatic carbocycles. The summed E-state index contributed by atoms with van der Waals surface area (Å²) in [4.78, 5) is 11.8. The Kier molecular flexibility index (Phi) is 6.34. The number of nitrogens with one attached hydrogen (secondary N) is 2. The van der Waals surface area contributed by atoms with Crippen molar-refractivity contribution in [3.63, 3.8) is 0 Å². The molecule has 0 unspecified atom stereocenters. The van der Waals surface area contributed by atoms with Gasteiger partial charge in [-0.3, -0.25) is 4.21 Å². The maximum Gasteiger partial charge on any atom is 0.315 e. The number of hydrogen-bond acceptors (Lipinski definition) is 3. The van der Waals surface area contributed by atoms with E-state index < -0.39 is 10.8 Å². The van der Waals surface area contributed by atoms with E-state index in [0.717, 1.165) is 11.3 Å². The second-order valence-corrected chi connectivity index (χ2v) is 6.85. The summed E-state index contributed by atoms with van der Waals surface area (Å²) in [5.74, 6) is 0.602. The topological polar surface area (TPSA) is 76.0 Å². The molecule has 7 heteroatoms. The lowest BCUT2D eigenvalue weighted by atomic mass is 10.1. The summed E-state index contributed by atoms with van der Waals surface area (Å²) in [5, 5.41) is 9.84. The molecular weight excluding hydrogens is 312 g/mol. The van der Waals surface area contributed by atoms with Gasteiger partial charge in [0, 0.05) is 41.7 Å². The first-order valence-electron chi connectivity index (χ1n) is 7.50. The van der Waals surface area contributed by atoms with Gasteiger partial charge in [-0.25, -0.2) is 9.48 Å². The first kappa shape index (κ1) is 17.2. The molecule has 0 aliphatic carbocycles. The van der Waals surface area contributed by atoms with Gasteiger partial charge in [-0.1, -0.05) is 12.1 Å². The molecule has 0 bridgehead atoms. The molecule has 124 valence electrons. The fraction of sp³-hybridized carbons (Fsp3) is 0.375. The largest absolute Gasteiger partial charge is 0.338 e. The van der Waals surface area contributed by atoms with Crippen LogP contribution < -0.4 is 10.6 Å². The Morgan fingerprint density at radius 2 is 2.09 bits per heavy atom. The Balaban J connectivity index is 1.82. The zero-order valence-electron chi connectivity index (χ0n) is 13.4. The third kappa shape index (κ3) is 5.52. The number of rotatable bonds is 7. The number of urea groups is 1. The SMILES string of the molecule is C[C@H](NC(=O)NCCC[S@](C)=O)c1ccc(-n2cccn2)cc1. The summed E-state index contributed by atoms with van der Waals surface area (Å²) in [6.45, 7) is 2.46. The quantitative estimate of drug-likeness (QED) is 0.761. The molecule has 0 spiro atoms. The molecule has 0 radical (unpaired) electrons. The molecule has 2 atom stereocenters. The van der Waals surface area contributed by atoms with Crippen LogP contribution in [0.1, 0.15) is 24.9 Å². The highest BCUT2D eigenvalue weighted by Crippen LogP contribution is 2.15. The van der Waals surface area contributed by atoms with Gasteiger partial charge >= 0.3 is 6.03 Å². The molecule has 1 aromatic heterocycles. The first-order chi connectivity index (χ1) is 11.1. The van der Waals surface area contributed by atoms with Crippen molar-refractivity contribution in [2.45, 2.75) is 19.4 Å². The molecule has 1 heterocycles. The zero-order valence-corrected chi connectivity index (χ0v) is 14.2. The van der Waals surface area contributed by atoms with Gasteiger partial charge in [-0.2, -0.15) is 5.10 Å². The molecule has 0 saturated carbocycles. The van der Waals surface area contributed by atoms with Crippen LogP contribution in [-0.2, 0) is 10.8 Å². The van der Waals surface area contributed by atoms with Gasteiger partial charge in [0.1, 0.15) is 0 Å². The fourth-order valence-corrected chi connectivity index (χ4v) is 2.70. The van der Waals surface area contributed by atoms with Gasteiger partial charge in [-0.15, -0.1) is 0 Å². The van der Waals surface area contributed by atoms with Gasteiger partial charge in [0.25, 0.3) is 0 Å². The number of carbonyl (C=O) groups excluding carboxylic acids is 1. The molecule has 2 rings (SSSR count). The average Bonchev–Trinajstić information content (AvgIpc) is 3.06. The Labute approximate surface area is 138 Å². The number of carbonyl (C=O) groups is 1. The lowest BCUT2D eigenvalue weighted by molar-refractivity contribution is 0.238. The molecule has 2 N–H and O–H groups in total. The van der Waals surface area contributed by atoms with Gasteiger partial charge in [0.2, 0.25) is 0 Å². The van der Waals surface area contributed by atoms with E-state index in [4.69, 9.17) is 0 Å².